The second-order valence-corrected chi connectivity index (χ2v) is 8.27. The summed E-state index contributed by atoms with van der Waals surface area (Å²) < 4.78 is 5.81. The van der Waals surface area contributed by atoms with E-state index in [1.807, 2.05) is 32.3 Å². The predicted molar refractivity (Wildman–Crippen MR) is 138 cm³/mol. The molecule has 2 rings (SSSR count). The van der Waals surface area contributed by atoms with E-state index in [2.05, 4.69) is 39.6 Å². The van der Waals surface area contributed by atoms with E-state index in [0.717, 1.165) is 51.4 Å². The van der Waals surface area contributed by atoms with Gasteiger partial charge in [0.25, 0.3) is 0 Å². The molecule has 0 bridgehead atoms. The van der Waals surface area contributed by atoms with Gasteiger partial charge in [-0.2, -0.15) is 0 Å². The normalized spacial score (nSPS) is 17.7. The van der Waals surface area contributed by atoms with E-state index < -0.39 is 0 Å². The number of hydrogen-bond acceptors (Lipinski definition) is 4. The molecule has 0 spiro atoms. The molecule has 1 aliphatic heterocycles. The molecule has 0 aliphatic carbocycles. The van der Waals surface area contributed by atoms with Gasteiger partial charge in [0.15, 0.2) is 5.96 Å². The Morgan fingerprint density at radius 2 is 2.03 bits per heavy atom. The second-order valence-electron chi connectivity index (χ2n) is 8.27. The van der Waals surface area contributed by atoms with Crippen molar-refractivity contribution in [2.75, 3.05) is 53.9 Å². The van der Waals surface area contributed by atoms with E-state index in [4.69, 9.17) is 4.74 Å². The molecule has 2 unspecified atom stereocenters. The molecule has 1 fully saturated rings. The molecule has 176 valence electrons. The average Bonchev–Trinajstić information content (AvgIpc) is 3.21. The van der Waals surface area contributed by atoms with Gasteiger partial charge in [0.2, 0.25) is 5.91 Å². The lowest BCUT2D eigenvalue weighted by atomic mass is 10.2. The minimum Gasteiger partial charge on any atom is -0.376 e. The Hall–Kier alpha value is -1.39. The number of carbonyl (C=O) groups is 1. The van der Waals surface area contributed by atoms with Crippen LogP contribution in [0.5, 0.6) is 0 Å². The molecule has 2 N–H and O–H groups in total. The summed E-state index contributed by atoms with van der Waals surface area (Å²) in [5.74, 6) is 1.42. The van der Waals surface area contributed by atoms with Crippen LogP contribution in [0.15, 0.2) is 35.3 Å². The van der Waals surface area contributed by atoms with Gasteiger partial charge >= 0.3 is 0 Å². The zero-order valence-electron chi connectivity index (χ0n) is 19.5. The van der Waals surface area contributed by atoms with Crippen LogP contribution in [-0.2, 0) is 16.1 Å². The average molecular weight is 546 g/mol. The fourth-order valence-corrected chi connectivity index (χ4v) is 3.66. The maximum absolute atomic E-state index is 12.3. The van der Waals surface area contributed by atoms with Crippen molar-refractivity contribution in [3.05, 3.63) is 35.9 Å². The number of nitrogens with one attached hydrogen (secondary N) is 2. The fourth-order valence-electron chi connectivity index (χ4n) is 3.66. The zero-order chi connectivity index (χ0) is 21.8. The van der Waals surface area contributed by atoms with E-state index in [9.17, 15) is 4.79 Å². The summed E-state index contributed by atoms with van der Waals surface area (Å²) in [6.07, 6.45) is 3.05. The number of guanidine groups is 1. The quantitative estimate of drug-likeness (QED) is 0.194. The highest BCUT2D eigenvalue weighted by Gasteiger charge is 2.30. The summed E-state index contributed by atoms with van der Waals surface area (Å²) in [4.78, 5) is 20.6. The number of carbonyl (C=O) groups excluding carboxylic acids is 1. The van der Waals surface area contributed by atoms with Crippen LogP contribution in [0, 0.1) is 5.92 Å². The lowest BCUT2D eigenvalue weighted by Crippen LogP contribution is -2.44. The van der Waals surface area contributed by atoms with Crippen LogP contribution in [0.1, 0.15) is 31.7 Å². The number of ether oxygens (including phenoxy) is 1. The third kappa shape index (κ3) is 10.2. The highest BCUT2D eigenvalue weighted by atomic mass is 127. The molecule has 1 aromatic rings. The second kappa shape index (κ2) is 15.4. The van der Waals surface area contributed by atoms with Crippen molar-refractivity contribution >= 4 is 35.8 Å². The molecule has 0 aromatic heterocycles. The number of benzene rings is 1. The number of likely N-dealkylation sites (tertiary alicyclic amines) is 1. The molecule has 0 radical (unpaired) electrons. The summed E-state index contributed by atoms with van der Waals surface area (Å²) in [6.45, 7) is 7.09. The zero-order valence-corrected chi connectivity index (χ0v) is 21.8. The number of likely N-dealkylation sites (N-methyl/N-ethyl adjacent to an activating group) is 1. The molecular formula is C23H40IN5O2. The first-order valence-corrected chi connectivity index (χ1v) is 11.0. The number of halogens is 1. The molecule has 1 saturated heterocycles. The number of rotatable bonds is 11. The highest BCUT2D eigenvalue weighted by molar-refractivity contribution is 14.0. The van der Waals surface area contributed by atoms with E-state index in [1.165, 1.54) is 5.56 Å². The molecule has 1 aliphatic rings. The molecule has 2 atom stereocenters. The Bertz CT molecular complexity index is 657. The molecule has 1 amide bonds. The summed E-state index contributed by atoms with van der Waals surface area (Å²) in [5, 5.41) is 6.75. The minimum atomic E-state index is 0. The molecular weight excluding hydrogens is 505 g/mol. The van der Waals surface area contributed by atoms with Gasteiger partial charge in [-0.25, -0.2) is 0 Å². The van der Waals surface area contributed by atoms with Crippen LogP contribution in [-0.4, -0.2) is 81.6 Å². The van der Waals surface area contributed by atoms with Gasteiger partial charge in [0.05, 0.1) is 19.3 Å². The number of amides is 1. The van der Waals surface area contributed by atoms with Gasteiger partial charge in [-0.15, -0.1) is 24.0 Å². The molecule has 0 saturated carbocycles. The lowest BCUT2D eigenvalue weighted by Gasteiger charge is -2.26. The van der Waals surface area contributed by atoms with E-state index >= 15 is 0 Å². The van der Waals surface area contributed by atoms with Crippen LogP contribution >= 0.6 is 24.0 Å². The molecule has 31 heavy (non-hydrogen) atoms. The molecule has 1 heterocycles. The third-order valence-electron chi connectivity index (χ3n) is 5.36. The van der Waals surface area contributed by atoms with E-state index in [-0.39, 0.29) is 35.9 Å². The van der Waals surface area contributed by atoms with Gasteiger partial charge in [-0.3, -0.25) is 14.7 Å². The largest absolute Gasteiger partial charge is 0.376 e. The first-order chi connectivity index (χ1) is 14.5. The van der Waals surface area contributed by atoms with E-state index in [1.54, 1.807) is 11.9 Å². The Labute approximate surface area is 205 Å². The maximum atomic E-state index is 12.3. The van der Waals surface area contributed by atoms with Crippen LogP contribution in [0.3, 0.4) is 0 Å². The summed E-state index contributed by atoms with van der Waals surface area (Å²) in [5.41, 5.74) is 1.20. The summed E-state index contributed by atoms with van der Waals surface area (Å²) in [6, 6.07) is 10.3. The van der Waals surface area contributed by atoms with Gasteiger partial charge < -0.3 is 20.3 Å². The van der Waals surface area contributed by atoms with Crippen molar-refractivity contribution in [3.63, 3.8) is 0 Å². The van der Waals surface area contributed by atoms with Gasteiger partial charge in [-0.1, -0.05) is 37.3 Å². The van der Waals surface area contributed by atoms with Crippen molar-refractivity contribution in [1.29, 1.82) is 0 Å². The molecule has 8 heteroatoms. The fraction of sp³-hybridized carbons (Fsp3) is 0.652. The van der Waals surface area contributed by atoms with Gasteiger partial charge in [-0.05, 0) is 37.3 Å². The van der Waals surface area contributed by atoms with Crippen molar-refractivity contribution < 1.29 is 9.53 Å². The third-order valence-corrected chi connectivity index (χ3v) is 5.36. The first kappa shape index (κ1) is 27.6. The monoisotopic (exact) mass is 545 g/mol. The number of aliphatic imine (C=N–C) groups is 1. The predicted octanol–water partition coefficient (Wildman–Crippen LogP) is 2.57. The SMILES string of the molecule is CN=C(NCCCN1CCCC1C(=O)N(C)C)NCC(C)COCc1ccccc1.I. The van der Waals surface area contributed by atoms with Crippen LogP contribution in [0.4, 0.5) is 0 Å². The van der Waals surface area contributed by atoms with Gasteiger partial charge in [0, 0.05) is 40.8 Å². The maximum Gasteiger partial charge on any atom is 0.239 e. The number of nitrogens with zero attached hydrogens (tertiary/aromatic N) is 3. The van der Waals surface area contributed by atoms with Crippen molar-refractivity contribution in [2.24, 2.45) is 10.9 Å². The van der Waals surface area contributed by atoms with E-state index in [0.29, 0.717) is 19.1 Å². The number of hydrogen-bond donors (Lipinski definition) is 2. The topological polar surface area (TPSA) is 69.2 Å². The van der Waals surface area contributed by atoms with Crippen molar-refractivity contribution in [1.82, 2.24) is 20.4 Å². The highest BCUT2D eigenvalue weighted by Crippen LogP contribution is 2.18. The van der Waals surface area contributed by atoms with Gasteiger partial charge in [0.1, 0.15) is 0 Å². The molecule has 7 nitrogen and oxygen atoms in total. The molecule has 1 aromatic carbocycles. The Balaban J connectivity index is 0.00000480. The minimum absolute atomic E-state index is 0. The summed E-state index contributed by atoms with van der Waals surface area (Å²) >= 11 is 0. The van der Waals surface area contributed by atoms with Crippen LogP contribution < -0.4 is 10.6 Å². The Morgan fingerprint density at radius 1 is 1.29 bits per heavy atom. The summed E-state index contributed by atoms with van der Waals surface area (Å²) in [7, 11) is 5.46. The van der Waals surface area contributed by atoms with Crippen molar-refractivity contribution in [3.8, 4) is 0 Å². The Kier molecular flexibility index (Phi) is 13.7. The lowest BCUT2D eigenvalue weighted by molar-refractivity contribution is -0.133. The standard InChI is InChI=1S/C23H39N5O2.HI/c1-19(17-30-18-20-10-6-5-7-11-20)16-26-23(24-2)25-13-9-15-28-14-8-12-21(28)22(29)27(3)4;/h5-7,10-11,19,21H,8-9,12-18H2,1-4H3,(H2,24,25,26);1H. The first-order valence-electron chi connectivity index (χ1n) is 11.0. The Morgan fingerprint density at radius 3 is 2.71 bits per heavy atom. The van der Waals surface area contributed by atoms with Crippen molar-refractivity contribution in [2.45, 2.75) is 38.8 Å². The van der Waals surface area contributed by atoms with Crippen LogP contribution in [0.2, 0.25) is 0 Å². The van der Waals surface area contributed by atoms with Crippen LogP contribution in [0.25, 0.3) is 0 Å². The smallest absolute Gasteiger partial charge is 0.239 e.